The second kappa shape index (κ2) is 6.05. The number of pyridine rings is 1. The van der Waals surface area contributed by atoms with Crippen LogP contribution in [-0.4, -0.2) is 45.8 Å². The molecule has 0 aliphatic heterocycles. The number of carboxylic acid groups (broad SMARTS) is 1. The number of hydrogen-bond acceptors (Lipinski definition) is 6. The van der Waals surface area contributed by atoms with Crippen molar-refractivity contribution in [2.75, 3.05) is 19.0 Å². The first-order valence-electron chi connectivity index (χ1n) is 5.77. The van der Waals surface area contributed by atoms with Gasteiger partial charge in [-0.25, -0.2) is 14.8 Å². The summed E-state index contributed by atoms with van der Waals surface area (Å²) >= 11 is 0. The van der Waals surface area contributed by atoms with E-state index in [-0.39, 0.29) is 0 Å². The van der Waals surface area contributed by atoms with Crippen LogP contribution in [0.3, 0.4) is 0 Å². The summed E-state index contributed by atoms with van der Waals surface area (Å²) in [5.74, 6) is -0.491. The summed E-state index contributed by atoms with van der Waals surface area (Å²) in [6.45, 7) is 0.358. The van der Waals surface area contributed by atoms with E-state index in [1.54, 1.807) is 24.5 Å². The van der Waals surface area contributed by atoms with E-state index in [0.717, 1.165) is 0 Å². The van der Waals surface area contributed by atoms with Gasteiger partial charge in [0.15, 0.2) is 5.65 Å². The van der Waals surface area contributed by atoms with Crippen LogP contribution in [0.5, 0.6) is 0 Å². The maximum Gasteiger partial charge on any atom is 0.326 e. The zero-order valence-electron chi connectivity index (χ0n) is 10.4. The Balaban J connectivity index is 2.16. The minimum atomic E-state index is -0.946. The molecule has 0 fully saturated rings. The van der Waals surface area contributed by atoms with Crippen LogP contribution in [-0.2, 0) is 9.53 Å². The molecule has 2 rings (SSSR count). The predicted molar refractivity (Wildman–Crippen MR) is 68.9 cm³/mol. The molecule has 100 valence electrons. The van der Waals surface area contributed by atoms with Crippen molar-refractivity contribution < 1.29 is 14.6 Å². The SMILES string of the molecule is COCCC(Nc1ccc2nccnc2n1)C(=O)O. The van der Waals surface area contributed by atoms with Crippen LogP contribution in [0, 0.1) is 0 Å². The van der Waals surface area contributed by atoms with Crippen LogP contribution in [0.25, 0.3) is 11.2 Å². The third-order valence-corrected chi connectivity index (χ3v) is 2.56. The number of hydrogen-bond donors (Lipinski definition) is 2. The average molecular weight is 262 g/mol. The minimum absolute atomic E-state index is 0.353. The topological polar surface area (TPSA) is 97.2 Å². The highest BCUT2D eigenvalue weighted by Crippen LogP contribution is 2.12. The lowest BCUT2D eigenvalue weighted by Gasteiger charge is -2.14. The molecule has 0 amide bonds. The van der Waals surface area contributed by atoms with E-state index in [0.29, 0.717) is 30.0 Å². The van der Waals surface area contributed by atoms with E-state index in [2.05, 4.69) is 20.3 Å². The molecule has 1 unspecified atom stereocenters. The van der Waals surface area contributed by atoms with Gasteiger partial charge in [0, 0.05) is 32.5 Å². The van der Waals surface area contributed by atoms with Crippen molar-refractivity contribution in [3.63, 3.8) is 0 Å². The largest absolute Gasteiger partial charge is 0.480 e. The number of anilines is 1. The predicted octanol–water partition coefficient (Wildman–Crippen LogP) is 0.926. The van der Waals surface area contributed by atoms with Gasteiger partial charge in [-0.15, -0.1) is 0 Å². The number of ether oxygens (including phenoxy) is 1. The zero-order chi connectivity index (χ0) is 13.7. The number of nitrogens with zero attached hydrogens (tertiary/aromatic N) is 3. The van der Waals surface area contributed by atoms with Crippen LogP contribution in [0.2, 0.25) is 0 Å². The number of carboxylic acids is 1. The van der Waals surface area contributed by atoms with E-state index in [9.17, 15) is 4.79 Å². The van der Waals surface area contributed by atoms with Gasteiger partial charge < -0.3 is 15.2 Å². The molecule has 0 aromatic carbocycles. The van der Waals surface area contributed by atoms with Crippen LogP contribution in [0.1, 0.15) is 6.42 Å². The molecule has 1 atom stereocenters. The number of aromatic nitrogens is 3. The maximum absolute atomic E-state index is 11.1. The number of aliphatic carboxylic acids is 1. The Hall–Kier alpha value is -2.28. The first-order chi connectivity index (χ1) is 9.20. The molecule has 2 aromatic heterocycles. The smallest absolute Gasteiger partial charge is 0.326 e. The molecular weight excluding hydrogens is 248 g/mol. The lowest BCUT2D eigenvalue weighted by Crippen LogP contribution is -2.30. The molecule has 7 heteroatoms. The molecule has 19 heavy (non-hydrogen) atoms. The van der Waals surface area contributed by atoms with E-state index in [1.165, 1.54) is 7.11 Å². The van der Waals surface area contributed by atoms with E-state index in [4.69, 9.17) is 9.84 Å². The van der Waals surface area contributed by atoms with E-state index < -0.39 is 12.0 Å². The quantitative estimate of drug-likeness (QED) is 0.799. The summed E-state index contributed by atoms with van der Waals surface area (Å²) in [5.41, 5.74) is 1.14. The van der Waals surface area contributed by atoms with Crippen molar-refractivity contribution in [3.05, 3.63) is 24.5 Å². The molecule has 0 saturated heterocycles. The first-order valence-corrected chi connectivity index (χ1v) is 5.77. The molecule has 0 bridgehead atoms. The Kier molecular flexibility index (Phi) is 4.19. The molecular formula is C12H14N4O3. The van der Waals surface area contributed by atoms with Crippen molar-refractivity contribution in [2.45, 2.75) is 12.5 Å². The highest BCUT2D eigenvalue weighted by atomic mass is 16.5. The monoisotopic (exact) mass is 262 g/mol. The molecule has 2 aromatic rings. The Morgan fingerprint density at radius 3 is 2.95 bits per heavy atom. The summed E-state index contributed by atoms with van der Waals surface area (Å²) in [6.07, 6.45) is 3.47. The molecule has 7 nitrogen and oxygen atoms in total. The van der Waals surface area contributed by atoms with Crippen molar-refractivity contribution in [1.29, 1.82) is 0 Å². The first kappa shape index (κ1) is 13.2. The summed E-state index contributed by atoms with van der Waals surface area (Å²) in [4.78, 5) is 23.5. The van der Waals surface area contributed by atoms with Gasteiger partial charge in [-0.2, -0.15) is 0 Å². The minimum Gasteiger partial charge on any atom is -0.480 e. The number of fused-ring (bicyclic) bond motifs is 1. The molecule has 0 spiro atoms. The van der Waals surface area contributed by atoms with Crippen LogP contribution in [0.15, 0.2) is 24.5 Å². The third kappa shape index (κ3) is 3.35. The molecule has 2 heterocycles. The van der Waals surface area contributed by atoms with Gasteiger partial charge >= 0.3 is 5.97 Å². The highest BCUT2D eigenvalue weighted by Gasteiger charge is 2.17. The van der Waals surface area contributed by atoms with Crippen LogP contribution >= 0.6 is 0 Å². The number of methoxy groups -OCH3 is 1. The molecule has 2 N–H and O–H groups in total. The lowest BCUT2D eigenvalue weighted by molar-refractivity contribution is -0.138. The van der Waals surface area contributed by atoms with Gasteiger partial charge in [0.25, 0.3) is 0 Å². The Bertz CT molecular complexity index is 576. The van der Waals surface area contributed by atoms with Crippen molar-refractivity contribution in [3.8, 4) is 0 Å². The van der Waals surface area contributed by atoms with Gasteiger partial charge in [-0.1, -0.05) is 0 Å². The second-order valence-electron chi connectivity index (χ2n) is 3.91. The van der Waals surface area contributed by atoms with Crippen molar-refractivity contribution >= 4 is 23.0 Å². The average Bonchev–Trinajstić information content (AvgIpc) is 2.43. The van der Waals surface area contributed by atoms with Gasteiger partial charge in [-0.3, -0.25) is 4.98 Å². The Morgan fingerprint density at radius 2 is 2.21 bits per heavy atom. The molecule has 0 saturated carbocycles. The molecule has 0 radical (unpaired) electrons. The van der Waals surface area contributed by atoms with Crippen molar-refractivity contribution in [2.24, 2.45) is 0 Å². The standard InChI is InChI=1S/C12H14N4O3/c1-19-7-4-9(12(17)18)15-10-3-2-8-11(16-10)14-6-5-13-8/h2-3,5-6,9H,4,7H2,1H3,(H,17,18)(H,14,15,16). The van der Waals surface area contributed by atoms with E-state index >= 15 is 0 Å². The van der Waals surface area contributed by atoms with E-state index in [1.807, 2.05) is 0 Å². The van der Waals surface area contributed by atoms with Gasteiger partial charge in [0.1, 0.15) is 17.4 Å². The van der Waals surface area contributed by atoms with Crippen molar-refractivity contribution in [1.82, 2.24) is 15.0 Å². The van der Waals surface area contributed by atoms with Gasteiger partial charge in [0.2, 0.25) is 0 Å². The fraction of sp³-hybridized carbons (Fsp3) is 0.333. The fourth-order valence-electron chi connectivity index (χ4n) is 1.61. The summed E-state index contributed by atoms with van der Waals surface area (Å²) in [5, 5.41) is 11.9. The molecule has 0 aliphatic carbocycles. The second-order valence-corrected chi connectivity index (χ2v) is 3.91. The fourth-order valence-corrected chi connectivity index (χ4v) is 1.61. The summed E-state index contributed by atoms with van der Waals surface area (Å²) in [6, 6.07) is 2.67. The number of carbonyl (C=O) groups is 1. The normalized spacial score (nSPS) is 12.3. The third-order valence-electron chi connectivity index (χ3n) is 2.56. The number of rotatable bonds is 6. The van der Waals surface area contributed by atoms with Crippen LogP contribution in [0.4, 0.5) is 5.82 Å². The highest BCUT2D eigenvalue weighted by molar-refractivity contribution is 5.78. The summed E-state index contributed by atoms with van der Waals surface area (Å²) < 4.78 is 4.88. The Labute approximate surface area is 109 Å². The van der Waals surface area contributed by atoms with Gasteiger partial charge in [0.05, 0.1) is 0 Å². The lowest BCUT2D eigenvalue weighted by atomic mass is 10.2. The molecule has 0 aliphatic rings. The Morgan fingerprint density at radius 1 is 1.42 bits per heavy atom. The van der Waals surface area contributed by atoms with Gasteiger partial charge in [-0.05, 0) is 12.1 Å². The van der Waals surface area contributed by atoms with Crippen LogP contribution < -0.4 is 5.32 Å². The number of nitrogens with one attached hydrogen (secondary N) is 1. The maximum atomic E-state index is 11.1. The summed E-state index contributed by atoms with van der Waals surface area (Å²) in [7, 11) is 1.53. The zero-order valence-corrected chi connectivity index (χ0v) is 10.4.